The zero-order valence-electron chi connectivity index (χ0n) is 9.62. The van der Waals surface area contributed by atoms with E-state index in [1.54, 1.807) is 12.4 Å². The van der Waals surface area contributed by atoms with E-state index in [0.29, 0.717) is 11.0 Å². The first kappa shape index (κ1) is 11.6. The largest absolute Gasteiger partial charge is 0.367 e. The highest BCUT2D eigenvalue weighted by molar-refractivity contribution is 6.31. The molecule has 1 saturated carbocycles. The standard InChI is InChI=1S/C12H18ClN3/c1-9-2-4-10(5-3-9)8-16-12-11(13)14-6-7-15-12/h6-7,9-10H,2-5,8H2,1H3,(H,15,16). The van der Waals surface area contributed by atoms with Crippen molar-refractivity contribution in [1.82, 2.24) is 9.97 Å². The van der Waals surface area contributed by atoms with Crippen molar-refractivity contribution in [1.29, 1.82) is 0 Å². The van der Waals surface area contributed by atoms with Crippen molar-refractivity contribution in [2.75, 3.05) is 11.9 Å². The molecule has 16 heavy (non-hydrogen) atoms. The Morgan fingerprint density at radius 1 is 1.25 bits per heavy atom. The summed E-state index contributed by atoms with van der Waals surface area (Å²) in [6.07, 6.45) is 8.59. The number of halogens is 1. The Bertz CT molecular complexity index is 335. The molecule has 1 aromatic heterocycles. The lowest BCUT2D eigenvalue weighted by Gasteiger charge is -2.26. The van der Waals surface area contributed by atoms with Crippen LogP contribution in [0.1, 0.15) is 32.6 Å². The van der Waals surface area contributed by atoms with Crippen molar-refractivity contribution < 1.29 is 0 Å². The zero-order chi connectivity index (χ0) is 11.4. The van der Waals surface area contributed by atoms with Crippen LogP contribution in [-0.4, -0.2) is 16.5 Å². The van der Waals surface area contributed by atoms with E-state index in [4.69, 9.17) is 11.6 Å². The van der Waals surface area contributed by atoms with Gasteiger partial charge in [0.05, 0.1) is 0 Å². The SMILES string of the molecule is CC1CCC(CNc2nccnc2Cl)CC1. The Morgan fingerprint density at radius 3 is 2.62 bits per heavy atom. The van der Waals surface area contributed by atoms with Crippen LogP contribution in [0.5, 0.6) is 0 Å². The van der Waals surface area contributed by atoms with Gasteiger partial charge in [0.15, 0.2) is 11.0 Å². The van der Waals surface area contributed by atoms with E-state index in [9.17, 15) is 0 Å². The minimum atomic E-state index is 0.465. The summed E-state index contributed by atoms with van der Waals surface area (Å²) in [5.41, 5.74) is 0. The molecule has 0 atom stereocenters. The van der Waals surface area contributed by atoms with Gasteiger partial charge in [-0.15, -0.1) is 0 Å². The molecular weight excluding hydrogens is 222 g/mol. The van der Waals surface area contributed by atoms with E-state index in [2.05, 4.69) is 22.2 Å². The third-order valence-electron chi connectivity index (χ3n) is 3.35. The first-order chi connectivity index (χ1) is 7.75. The van der Waals surface area contributed by atoms with Crippen LogP contribution in [0.4, 0.5) is 5.82 Å². The Hall–Kier alpha value is -0.830. The molecule has 1 N–H and O–H groups in total. The van der Waals surface area contributed by atoms with E-state index in [-0.39, 0.29) is 0 Å². The first-order valence-corrected chi connectivity index (χ1v) is 6.34. The molecule has 1 aliphatic carbocycles. The molecule has 2 rings (SSSR count). The Labute approximate surface area is 102 Å². The number of anilines is 1. The molecule has 1 heterocycles. The average molecular weight is 240 g/mol. The lowest BCUT2D eigenvalue weighted by atomic mass is 9.83. The molecular formula is C12H18ClN3. The Kier molecular flexibility index (Phi) is 3.99. The van der Waals surface area contributed by atoms with Crippen molar-refractivity contribution in [3.63, 3.8) is 0 Å². The van der Waals surface area contributed by atoms with E-state index >= 15 is 0 Å². The maximum Gasteiger partial charge on any atom is 0.171 e. The molecule has 0 amide bonds. The Morgan fingerprint density at radius 2 is 1.94 bits per heavy atom. The second-order valence-electron chi connectivity index (χ2n) is 4.70. The van der Waals surface area contributed by atoms with Crippen LogP contribution in [0, 0.1) is 11.8 Å². The van der Waals surface area contributed by atoms with Gasteiger partial charge in [0.2, 0.25) is 0 Å². The molecule has 0 aliphatic heterocycles. The fourth-order valence-electron chi connectivity index (χ4n) is 2.21. The van der Waals surface area contributed by atoms with Gasteiger partial charge in [0.25, 0.3) is 0 Å². The molecule has 0 saturated heterocycles. The van der Waals surface area contributed by atoms with Crippen LogP contribution < -0.4 is 5.32 Å². The van der Waals surface area contributed by atoms with Gasteiger partial charge in [-0.1, -0.05) is 31.4 Å². The number of aromatic nitrogens is 2. The molecule has 1 aliphatic rings. The van der Waals surface area contributed by atoms with Gasteiger partial charge in [0, 0.05) is 18.9 Å². The van der Waals surface area contributed by atoms with E-state index in [1.165, 1.54) is 25.7 Å². The summed E-state index contributed by atoms with van der Waals surface area (Å²) in [4.78, 5) is 8.17. The van der Waals surface area contributed by atoms with Crippen molar-refractivity contribution in [3.05, 3.63) is 17.5 Å². The second kappa shape index (κ2) is 5.48. The lowest BCUT2D eigenvalue weighted by molar-refractivity contribution is 0.300. The van der Waals surface area contributed by atoms with Gasteiger partial charge in [-0.05, 0) is 24.7 Å². The monoisotopic (exact) mass is 239 g/mol. The van der Waals surface area contributed by atoms with Crippen LogP contribution in [0.25, 0.3) is 0 Å². The van der Waals surface area contributed by atoms with Gasteiger partial charge in [-0.2, -0.15) is 0 Å². The maximum atomic E-state index is 5.93. The molecule has 4 heteroatoms. The molecule has 1 aromatic rings. The number of nitrogens with zero attached hydrogens (tertiary/aromatic N) is 2. The highest BCUT2D eigenvalue weighted by Gasteiger charge is 2.18. The first-order valence-electron chi connectivity index (χ1n) is 5.96. The fraction of sp³-hybridized carbons (Fsp3) is 0.667. The van der Waals surface area contributed by atoms with Crippen LogP contribution in [0.3, 0.4) is 0 Å². The number of rotatable bonds is 3. The van der Waals surface area contributed by atoms with Crippen molar-refractivity contribution in [3.8, 4) is 0 Å². The van der Waals surface area contributed by atoms with Gasteiger partial charge in [0.1, 0.15) is 0 Å². The molecule has 0 bridgehead atoms. The van der Waals surface area contributed by atoms with Gasteiger partial charge in [-0.3, -0.25) is 0 Å². The number of hydrogen-bond acceptors (Lipinski definition) is 3. The molecule has 1 fully saturated rings. The summed E-state index contributed by atoms with van der Waals surface area (Å²) in [6.45, 7) is 3.30. The number of nitrogens with one attached hydrogen (secondary N) is 1. The molecule has 0 radical (unpaired) electrons. The molecule has 88 valence electrons. The minimum absolute atomic E-state index is 0.465. The van der Waals surface area contributed by atoms with E-state index < -0.39 is 0 Å². The zero-order valence-corrected chi connectivity index (χ0v) is 10.4. The smallest absolute Gasteiger partial charge is 0.171 e. The quantitative estimate of drug-likeness (QED) is 0.879. The predicted octanol–water partition coefficient (Wildman–Crippen LogP) is 3.37. The summed E-state index contributed by atoms with van der Waals surface area (Å²) in [7, 11) is 0. The van der Waals surface area contributed by atoms with Crippen molar-refractivity contribution >= 4 is 17.4 Å². The van der Waals surface area contributed by atoms with Crippen LogP contribution in [0.2, 0.25) is 5.15 Å². The fourth-order valence-corrected chi connectivity index (χ4v) is 2.39. The summed E-state index contributed by atoms with van der Waals surface area (Å²) >= 11 is 5.93. The van der Waals surface area contributed by atoms with Gasteiger partial charge in [-0.25, -0.2) is 9.97 Å². The van der Waals surface area contributed by atoms with E-state index in [0.717, 1.165) is 18.4 Å². The van der Waals surface area contributed by atoms with Crippen LogP contribution >= 0.6 is 11.6 Å². The number of hydrogen-bond donors (Lipinski definition) is 1. The van der Waals surface area contributed by atoms with Crippen LogP contribution in [0.15, 0.2) is 12.4 Å². The minimum Gasteiger partial charge on any atom is -0.367 e. The summed E-state index contributed by atoms with van der Waals surface area (Å²) < 4.78 is 0. The lowest BCUT2D eigenvalue weighted by Crippen LogP contribution is -2.20. The predicted molar refractivity (Wildman–Crippen MR) is 66.7 cm³/mol. The second-order valence-corrected chi connectivity index (χ2v) is 5.06. The summed E-state index contributed by atoms with van der Waals surface area (Å²) in [5, 5.41) is 3.76. The van der Waals surface area contributed by atoms with Gasteiger partial charge < -0.3 is 5.32 Å². The molecule has 0 unspecified atom stereocenters. The average Bonchev–Trinajstić information content (AvgIpc) is 2.30. The third kappa shape index (κ3) is 3.08. The third-order valence-corrected chi connectivity index (χ3v) is 3.62. The van der Waals surface area contributed by atoms with E-state index in [1.807, 2.05) is 0 Å². The van der Waals surface area contributed by atoms with Crippen molar-refractivity contribution in [2.24, 2.45) is 11.8 Å². The maximum absolute atomic E-state index is 5.93. The molecule has 0 spiro atoms. The van der Waals surface area contributed by atoms with Crippen LogP contribution in [-0.2, 0) is 0 Å². The molecule has 0 aromatic carbocycles. The Balaban J connectivity index is 1.81. The summed E-state index contributed by atoms with van der Waals surface area (Å²) in [5.74, 6) is 2.37. The highest BCUT2D eigenvalue weighted by atomic mass is 35.5. The van der Waals surface area contributed by atoms with Crippen molar-refractivity contribution in [2.45, 2.75) is 32.6 Å². The topological polar surface area (TPSA) is 37.8 Å². The summed E-state index contributed by atoms with van der Waals surface area (Å²) in [6, 6.07) is 0. The molecule has 3 nitrogen and oxygen atoms in total. The van der Waals surface area contributed by atoms with Gasteiger partial charge >= 0.3 is 0 Å². The normalized spacial score (nSPS) is 25.4. The highest BCUT2D eigenvalue weighted by Crippen LogP contribution is 2.28.